The predicted molar refractivity (Wildman–Crippen MR) is 107 cm³/mol. The number of ether oxygens (including phenoxy) is 1. The summed E-state index contributed by atoms with van der Waals surface area (Å²) in [5.74, 6) is 0.888. The second-order valence-electron chi connectivity index (χ2n) is 6.78. The third kappa shape index (κ3) is 4.23. The molecule has 0 saturated carbocycles. The number of carbonyl (C=O) groups is 1. The molecule has 8 nitrogen and oxygen atoms in total. The van der Waals surface area contributed by atoms with Crippen LogP contribution in [0.2, 0.25) is 0 Å². The number of piperazine rings is 1. The van der Waals surface area contributed by atoms with Gasteiger partial charge in [0.15, 0.2) is 0 Å². The number of nitrogens with one attached hydrogen (secondary N) is 1. The summed E-state index contributed by atoms with van der Waals surface area (Å²) >= 11 is 0. The van der Waals surface area contributed by atoms with E-state index in [0.717, 1.165) is 30.9 Å². The number of benzene rings is 2. The molecule has 1 aliphatic heterocycles. The molecule has 2 amide bonds. The van der Waals surface area contributed by atoms with Gasteiger partial charge in [0.1, 0.15) is 23.4 Å². The molecule has 146 valence electrons. The highest BCUT2D eigenvalue weighted by atomic mass is 16.5. The Morgan fingerprint density at radius 2 is 1.82 bits per heavy atom. The van der Waals surface area contributed by atoms with Crippen LogP contribution in [0.5, 0.6) is 5.75 Å². The van der Waals surface area contributed by atoms with Gasteiger partial charge in [-0.05, 0) is 24.3 Å². The minimum absolute atomic E-state index is 0.0988. The van der Waals surface area contributed by atoms with Gasteiger partial charge in [0.05, 0.1) is 5.69 Å². The highest BCUT2D eigenvalue weighted by molar-refractivity contribution is 5.98. The molecule has 2 aromatic carbocycles. The van der Waals surface area contributed by atoms with Crippen molar-refractivity contribution in [1.29, 1.82) is 0 Å². The average Bonchev–Trinajstić information content (AvgIpc) is 3.10. The van der Waals surface area contributed by atoms with Crippen molar-refractivity contribution in [3.63, 3.8) is 0 Å². The van der Waals surface area contributed by atoms with Gasteiger partial charge in [0.2, 0.25) is 0 Å². The van der Waals surface area contributed by atoms with Gasteiger partial charge in [-0.1, -0.05) is 24.3 Å². The molecule has 1 saturated heterocycles. The van der Waals surface area contributed by atoms with Crippen LogP contribution in [0.3, 0.4) is 0 Å². The maximum Gasteiger partial charge on any atom is 0.321 e. The first kappa shape index (κ1) is 18.2. The Morgan fingerprint density at radius 1 is 1.04 bits per heavy atom. The number of amides is 2. The minimum atomic E-state index is -0.0988. The standard InChI is InChI=1S/C20H24N6O2/c1-24-22-18-9-5-8-17(19(18)23-24)21-20(27)26-12-10-25(11-13-26)14-15-28-16-6-3-2-4-7-16/h2-9H,10-15H2,1H3,(H,21,27). The first-order valence-electron chi connectivity index (χ1n) is 9.45. The summed E-state index contributed by atoms with van der Waals surface area (Å²) in [4.78, 5) is 18.3. The Bertz CT molecular complexity index is 934. The topological polar surface area (TPSA) is 75.5 Å². The minimum Gasteiger partial charge on any atom is -0.492 e. The largest absolute Gasteiger partial charge is 0.492 e. The summed E-state index contributed by atoms with van der Waals surface area (Å²) in [5.41, 5.74) is 2.16. The van der Waals surface area contributed by atoms with Crippen LogP contribution in [0.4, 0.5) is 10.5 Å². The van der Waals surface area contributed by atoms with Crippen molar-refractivity contribution >= 4 is 22.8 Å². The molecule has 0 radical (unpaired) electrons. The van der Waals surface area contributed by atoms with Gasteiger partial charge in [-0.15, -0.1) is 0 Å². The summed E-state index contributed by atoms with van der Waals surface area (Å²) in [6.07, 6.45) is 0. The van der Waals surface area contributed by atoms with E-state index in [1.807, 2.05) is 53.4 Å². The number of rotatable bonds is 5. The molecule has 0 aliphatic carbocycles. The molecule has 3 aromatic rings. The number of fused-ring (bicyclic) bond motifs is 1. The maximum atomic E-state index is 12.6. The lowest BCUT2D eigenvalue weighted by atomic mass is 10.2. The van der Waals surface area contributed by atoms with E-state index >= 15 is 0 Å². The van der Waals surface area contributed by atoms with Crippen molar-refractivity contribution in [1.82, 2.24) is 24.8 Å². The number of aromatic nitrogens is 3. The van der Waals surface area contributed by atoms with Gasteiger partial charge in [-0.25, -0.2) is 4.79 Å². The summed E-state index contributed by atoms with van der Waals surface area (Å²) in [6.45, 7) is 4.54. The van der Waals surface area contributed by atoms with E-state index in [9.17, 15) is 4.79 Å². The lowest BCUT2D eigenvalue weighted by Crippen LogP contribution is -2.50. The van der Waals surface area contributed by atoms with Crippen LogP contribution in [0, 0.1) is 0 Å². The van der Waals surface area contributed by atoms with E-state index in [0.29, 0.717) is 30.9 Å². The van der Waals surface area contributed by atoms with Crippen LogP contribution < -0.4 is 10.1 Å². The summed E-state index contributed by atoms with van der Waals surface area (Å²) in [7, 11) is 1.77. The molecule has 4 rings (SSSR count). The Balaban J connectivity index is 1.26. The third-order valence-electron chi connectivity index (χ3n) is 4.83. The highest BCUT2D eigenvalue weighted by Gasteiger charge is 2.21. The van der Waals surface area contributed by atoms with Crippen LogP contribution in [-0.2, 0) is 7.05 Å². The SMILES string of the molecule is Cn1nc2cccc(NC(=O)N3CCN(CCOc4ccccc4)CC3)c2n1. The zero-order valence-corrected chi connectivity index (χ0v) is 15.9. The molecule has 1 N–H and O–H groups in total. The van der Waals surface area contributed by atoms with Crippen molar-refractivity contribution in [3.05, 3.63) is 48.5 Å². The molecule has 8 heteroatoms. The Kier molecular flexibility index (Phi) is 5.38. The van der Waals surface area contributed by atoms with Crippen LogP contribution >= 0.6 is 0 Å². The molecule has 1 aromatic heterocycles. The van der Waals surface area contributed by atoms with E-state index in [4.69, 9.17) is 4.74 Å². The number of aryl methyl sites for hydroxylation is 1. The quantitative estimate of drug-likeness (QED) is 0.734. The van der Waals surface area contributed by atoms with Crippen molar-refractivity contribution in [2.24, 2.45) is 7.05 Å². The normalized spacial score (nSPS) is 15.0. The van der Waals surface area contributed by atoms with E-state index < -0.39 is 0 Å². The van der Waals surface area contributed by atoms with Crippen molar-refractivity contribution in [2.45, 2.75) is 0 Å². The molecule has 28 heavy (non-hydrogen) atoms. The zero-order chi connectivity index (χ0) is 19.3. The van der Waals surface area contributed by atoms with Crippen molar-refractivity contribution in [2.75, 3.05) is 44.6 Å². The molecule has 0 unspecified atom stereocenters. The first-order valence-corrected chi connectivity index (χ1v) is 9.45. The lowest BCUT2D eigenvalue weighted by molar-refractivity contribution is 0.132. The van der Waals surface area contributed by atoms with E-state index in [-0.39, 0.29) is 6.03 Å². The number of carbonyl (C=O) groups excluding carboxylic acids is 1. The highest BCUT2D eigenvalue weighted by Crippen LogP contribution is 2.20. The number of nitrogens with zero attached hydrogens (tertiary/aromatic N) is 5. The van der Waals surface area contributed by atoms with Gasteiger partial charge in [-0.2, -0.15) is 15.0 Å². The van der Waals surface area contributed by atoms with Crippen molar-refractivity contribution in [3.8, 4) is 5.75 Å². The molecule has 1 fully saturated rings. The first-order chi connectivity index (χ1) is 13.7. The Labute approximate surface area is 163 Å². The molecule has 0 spiro atoms. The molecular formula is C20H24N6O2. The number of urea groups is 1. The summed E-state index contributed by atoms with van der Waals surface area (Å²) < 4.78 is 5.76. The van der Waals surface area contributed by atoms with Crippen LogP contribution in [-0.4, -0.2) is 70.2 Å². The van der Waals surface area contributed by atoms with Gasteiger partial charge < -0.3 is 15.0 Å². The average molecular weight is 380 g/mol. The maximum absolute atomic E-state index is 12.6. The summed E-state index contributed by atoms with van der Waals surface area (Å²) in [6, 6.07) is 15.3. The Morgan fingerprint density at radius 3 is 2.61 bits per heavy atom. The second-order valence-corrected chi connectivity index (χ2v) is 6.78. The van der Waals surface area contributed by atoms with Crippen LogP contribution in [0.15, 0.2) is 48.5 Å². The number of para-hydroxylation sites is 1. The van der Waals surface area contributed by atoms with Gasteiger partial charge >= 0.3 is 6.03 Å². The molecule has 0 bridgehead atoms. The molecule has 0 atom stereocenters. The molecular weight excluding hydrogens is 356 g/mol. The smallest absolute Gasteiger partial charge is 0.321 e. The Hall–Kier alpha value is -3.13. The van der Waals surface area contributed by atoms with E-state index in [1.165, 1.54) is 4.80 Å². The van der Waals surface area contributed by atoms with Crippen LogP contribution in [0.1, 0.15) is 0 Å². The molecule has 2 heterocycles. The number of hydrogen-bond acceptors (Lipinski definition) is 5. The van der Waals surface area contributed by atoms with E-state index in [1.54, 1.807) is 7.05 Å². The number of anilines is 1. The van der Waals surface area contributed by atoms with Gasteiger partial charge in [-0.3, -0.25) is 4.90 Å². The predicted octanol–water partition coefficient (Wildman–Crippen LogP) is 2.20. The zero-order valence-electron chi connectivity index (χ0n) is 15.9. The second kappa shape index (κ2) is 8.26. The third-order valence-corrected chi connectivity index (χ3v) is 4.83. The fourth-order valence-corrected chi connectivity index (χ4v) is 3.32. The molecule has 1 aliphatic rings. The fraction of sp³-hybridized carbons (Fsp3) is 0.350. The van der Waals surface area contributed by atoms with Gasteiger partial charge in [0, 0.05) is 39.8 Å². The number of hydrogen-bond donors (Lipinski definition) is 1. The summed E-state index contributed by atoms with van der Waals surface area (Å²) in [5, 5.41) is 11.6. The fourth-order valence-electron chi connectivity index (χ4n) is 3.32. The van der Waals surface area contributed by atoms with Gasteiger partial charge in [0.25, 0.3) is 0 Å². The van der Waals surface area contributed by atoms with E-state index in [2.05, 4.69) is 20.4 Å². The monoisotopic (exact) mass is 380 g/mol. The van der Waals surface area contributed by atoms with Crippen molar-refractivity contribution < 1.29 is 9.53 Å². The van der Waals surface area contributed by atoms with Crippen LogP contribution in [0.25, 0.3) is 11.0 Å². The lowest BCUT2D eigenvalue weighted by Gasteiger charge is -2.34.